The Balaban J connectivity index is 1.34. The fraction of sp³-hybridized carbons (Fsp3) is 0.250. The van der Waals surface area contributed by atoms with E-state index in [1.807, 2.05) is 60.3 Å². The molecule has 0 radical (unpaired) electrons. The Hall–Kier alpha value is -3.37. The van der Waals surface area contributed by atoms with Crippen molar-refractivity contribution >= 4 is 39.7 Å². The van der Waals surface area contributed by atoms with Crippen molar-refractivity contribution in [2.24, 2.45) is 7.05 Å². The van der Waals surface area contributed by atoms with Crippen LogP contribution in [0.1, 0.15) is 28.8 Å². The van der Waals surface area contributed by atoms with Crippen LogP contribution in [0.4, 0.5) is 10.8 Å². The average Bonchev–Trinajstić information content (AvgIpc) is 3.45. The highest BCUT2D eigenvalue weighted by atomic mass is 32.2. The molecule has 0 aliphatic heterocycles. The number of benzene rings is 2. The van der Waals surface area contributed by atoms with E-state index in [4.69, 9.17) is 9.47 Å². The molecule has 0 atom stereocenters. The van der Waals surface area contributed by atoms with Crippen molar-refractivity contribution in [3.05, 3.63) is 71.0 Å². The second kappa shape index (κ2) is 11.2. The van der Waals surface area contributed by atoms with Gasteiger partial charge in [0.15, 0.2) is 16.1 Å². The number of carbonyl (C=O) groups is 1. The maximum atomic E-state index is 12.5. The van der Waals surface area contributed by atoms with Crippen LogP contribution in [0.15, 0.2) is 59.1 Å². The summed E-state index contributed by atoms with van der Waals surface area (Å²) in [6.45, 7) is 2.60. The molecule has 0 bridgehead atoms. The van der Waals surface area contributed by atoms with Gasteiger partial charge in [0.25, 0.3) is 0 Å². The van der Waals surface area contributed by atoms with Gasteiger partial charge in [-0.3, -0.25) is 4.79 Å². The van der Waals surface area contributed by atoms with Gasteiger partial charge in [0.2, 0.25) is 0 Å². The summed E-state index contributed by atoms with van der Waals surface area (Å²) >= 11 is 2.90. The zero-order valence-electron chi connectivity index (χ0n) is 19.1. The van der Waals surface area contributed by atoms with E-state index in [9.17, 15) is 4.79 Å². The normalized spacial score (nSPS) is 10.8. The third-order valence-electron chi connectivity index (χ3n) is 4.96. The molecular weight excluding hydrogens is 470 g/mol. The minimum absolute atomic E-state index is 0.0120. The number of ether oxygens (including phenoxy) is 2. The molecule has 2 heterocycles. The molecule has 4 rings (SSSR count). The summed E-state index contributed by atoms with van der Waals surface area (Å²) in [5, 5.41) is 15.4. The molecule has 0 aliphatic carbocycles. The zero-order valence-corrected chi connectivity index (χ0v) is 20.8. The lowest BCUT2D eigenvalue weighted by Crippen LogP contribution is -2.05. The number of thiazole rings is 1. The predicted molar refractivity (Wildman–Crippen MR) is 135 cm³/mol. The molecule has 8 nitrogen and oxygen atoms in total. The third-order valence-corrected chi connectivity index (χ3v) is 6.78. The molecule has 0 spiro atoms. The lowest BCUT2D eigenvalue weighted by Gasteiger charge is -2.05. The van der Waals surface area contributed by atoms with Crippen LogP contribution < -0.4 is 14.8 Å². The quantitative estimate of drug-likeness (QED) is 0.230. The van der Waals surface area contributed by atoms with Gasteiger partial charge in [0.1, 0.15) is 17.3 Å². The highest BCUT2D eigenvalue weighted by Crippen LogP contribution is 2.25. The number of hydrogen-bond donors (Lipinski definition) is 1. The number of methoxy groups -OCH3 is 1. The maximum absolute atomic E-state index is 12.5. The van der Waals surface area contributed by atoms with Gasteiger partial charge in [0.05, 0.1) is 31.6 Å². The number of nitrogens with one attached hydrogen (secondary N) is 1. The van der Waals surface area contributed by atoms with Crippen molar-refractivity contribution in [3.63, 3.8) is 0 Å². The highest BCUT2D eigenvalue weighted by molar-refractivity contribution is 7.99. The van der Waals surface area contributed by atoms with Crippen molar-refractivity contribution in [2.45, 2.75) is 18.5 Å². The number of rotatable bonds is 11. The first-order chi connectivity index (χ1) is 16.6. The second-order valence-electron chi connectivity index (χ2n) is 7.30. The first kappa shape index (κ1) is 23.8. The molecule has 0 aliphatic rings. The molecule has 2 aromatic heterocycles. The Bertz CT molecular complexity index is 1250. The largest absolute Gasteiger partial charge is 0.497 e. The van der Waals surface area contributed by atoms with Gasteiger partial charge < -0.3 is 19.4 Å². The first-order valence-electron chi connectivity index (χ1n) is 10.7. The van der Waals surface area contributed by atoms with E-state index < -0.39 is 0 Å². The molecule has 0 fully saturated rings. The molecular formula is C24H25N5O3S2. The van der Waals surface area contributed by atoms with Gasteiger partial charge in [-0.15, -0.1) is 21.5 Å². The summed E-state index contributed by atoms with van der Waals surface area (Å²) in [4.78, 5) is 17.2. The van der Waals surface area contributed by atoms with E-state index >= 15 is 0 Å². The lowest BCUT2D eigenvalue weighted by atomic mass is 10.1. The summed E-state index contributed by atoms with van der Waals surface area (Å²) in [7, 11) is 3.49. The summed E-state index contributed by atoms with van der Waals surface area (Å²) in [5.74, 6) is 2.57. The van der Waals surface area contributed by atoms with Crippen molar-refractivity contribution in [3.8, 4) is 11.5 Å². The van der Waals surface area contributed by atoms with Crippen molar-refractivity contribution in [1.82, 2.24) is 19.7 Å². The van der Waals surface area contributed by atoms with Crippen LogP contribution in [-0.4, -0.2) is 45.0 Å². The molecule has 2 aromatic carbocycles. The van der Waals surface area contributed by atoms with Crippen LogP contribution in [0.3, 0.4) is 0 Å². The number of Topliss-reactive ketones (excluding diaryl/α,β-unsaturated/α-hetero) is 1. The number of carbonyl (C=O) groups excluding carboxylic acids is 1. The van der Waals surface area contributed by atoms with Crippen LogP contribution in [0.5, 0.6) is 11.5 Å². The summed E-state index contributed by atoms with van der Waals surface area (Å²) in [5.41, 5.74) is 2.46. The lowest BCUT2D eigenvalue weighted by molar-refractivity contribution is 0.102. The minimum Gasteiger partial charge on any atom is -0.497 e. The second-order valence-corrected chi connectivity index (χ2v) is 9.11. The number of hydrogen-bond acceptors (Lipinski definition) is 9. The number of nitrogens with zero attached hydrogens (tertiary/aromatic N) is 4. The number of aromatic nitrogens is 4. The van der Waals surface area contributed by atoms with E-state index in [0.29, 0.717) is 29.5 Å². The number of ketones is 1. The van der Waals surface area contributed by atoms with Gasteiger partial charge in [-0.2, -0.15) is 0 Å². The topological polar surface area (TPSA) is 91.2 Å². The highest BCUT2D eigenvalue weighted by Gasteiger charge is 2.15. The van der Waals surface area contributed by atoms with Crippen LogP contribution in [0.25, 0.3) is 0 Å². The number of thioether (sulfide) groups is 1. The molecule has 34 heavy (non-hydrogen) atoms. The van der Waals surface area contributed by atoms with Crippen LogP contribution >= 0.6 is 23.1 Å². The monoisotopic (exact) mass is 495 g/mol. The van der Waals surface area contributed by atoms with E-state index in [0.717, 1.165) is 28.1 Å². The predicted octanol–water partition coefficient (Wildman–Crippen LogP) is 4.99. The maximum Gasteiger partial charge on any atom is 0.191 e. The third kappa shape index (κ3) is 5.95. The van der Waals surface area contributed by atoms with Gasteiger partial charge in [-0.25, -0.2) is 4.98 Å². The van der Waals surface area contributed by atoms with Crippen molar-refractivity contribution < 1.29 is 14.3 Å². The minimum atomic E-state index is 0.0120. The Kier molecular flexibility index (Phi) is 7.81. The van der Waals surface area contributed by atoms with Gasteiger partial charge in [-0.1, -0.05) is 23.9 Å². The molecule has 176 valence electrons. The van der Waals surface area contributed by atoms with Crippen LogP contribution in [0.2, 0.25) is 0 Å². The van der Waals surface area contributed by atoms with E-state index in [-0.39, 0.29) is 11.5 Å². The van der Waals surface area contributed by atoms with E-state index in [2.05, 4.69) is 20.5 Å². The summed E-state index contributed by atoms with van der Waals surface area (Å²) in [6, 6.07) is 14.9. The van der Waals surface area contributed by atoms with Crippen molar-refractivity contribution in [1.29, 1.82) is 0 Å². The molecule has 1 N–H and O–H groups in total. The molecule has 0 saturated carbocycles. The zero-order chi connectivity index (χ0) is 23.9. The number of anilines is 2. The van der Waals surface area contributed by atoms with Crippen LogP contribution in [-0.2, 0) is 13.5 Å². The van der Waals surface area contributed by atoms with Crippen molar-refractivity contribution in [2.75, 3.05) is 24.8 Å². The molecule has 0 saturated heterocycles. The molecule has 4 aromatic rings. The average molecular weight is 496 g/mol. The molecule has 10 heteroatoms. The Morgan fingerprint density at radius 3 is 2.74 bits per heavy atom. The summed E-state index contributed by atoms with van der Waals surface area (Å²) in [6.07, 6.45) is 0.551. The van der Waals surface area contributed by atoms with E-state index in [1.54, 1.807) is 19.2 Å². The smallest absolute Gasteiger partial charge is 0.191 e. The van der Waals surface area contributed by atoms with E-state index in [1.165, 1.54) is 23.1 Å². The SMILES string of the molecule is CCOc1ccc(Nc2nc(Cc3nnc(SCC(=O)c4cccc(OC)c4)n3C)cs2)cc1. The summed E-state index contributed by atoms with van der Waals surface area (Å²) < 4.78 is 12.6. The molecule has 0 unspecified atom stereocenters. The molecule has 0 amide bonds. The Labute approximate surface area is 206 Å². The first-order valence-corrected chi connectivity index (χ1v) is 12.5. The Morgan fingerprint density at radius 1 is 1.15 bits per heavy atom. The van der Waals surface area contributed by atoms with Gasteiger partial charge in [-0.05, 0) is 43.3 Å². The fourth-order valence-corrected chi connectivity index (χ4v) is 4.72. The van der Waals surface area contributed by atoms with Gasteiger partial charge >= 0.3 is 0 Å². The fourth-order valence-electron chi connectivity index (χ4n) is 3.17. The van der Waals surface area contributed by atoms with Gasteiger partial charge in [0, 0.05) is 23.7 Å². The van der Waals surface area contributed by atoms with Crippen LogP contribution in [0, 0.1) is 0 Å². The standard InChI is InChI=1S/C24H25N5O3S2/c1-4-32-19-10-8-17(9-11-19)25-23-26-18(14-33-23)13-22-27-28-24(29(22)2)34-15-21(30)16-6-5-7-20(12-16)31-3/h5-12,14H,4,13,15H2,1-3H3,(H,25,26). The Morgan fingerprint density at radius 2 is 1.97 bits per heavy atom.